The molecule has 0 spiro atoms. The fourth-order valence-corrected chi connectivity index (χ4v) is 3.51. The van der Waals surface area contributed by atoms with Gasteiger partial charge in [-0.1, -0.05) is 0 Å². The van der Waals surface area contributed by atoms with E-state index in [0.29, 0.717) is 22.7 Å². The zero-order valence-electron chi connectivity index (χ0n) is 15.6. The average molecular weight is 369 g/mol. The van der Waals surface area contributed by atoms with Crippen LogP contribution in [0.3, 0.4) is 0 Å². The third kappa shape index (κ3) is 3.33. The molecular weight excluding hydrogens is 346 g/mol. The van der Waals surface area contributed by atoms with Crippen molar-refractivity contribution < 1.29 is 14.3 Å². The van der Waals surface area contributed by atoms with E-state index in [2.05, 4.69) is 39.0 Å². The van der Waals surface area contributed by atoms with Crippen LogP contribution in [0.15, 0.2) is 29.0 Å². The maximum atomic E-state index is 9.43. The van der Waals surface area contributed by atoms with Crippen molar-refractivity contribution in [2.24, 2.45) is 0 Å². The monoisotopic (exact) mass is 369 g/mol. The fourth-order valence-electron chi connectivity index (χ4n) is 3.51. The minimum Gasteiger partial charge on any atom is -0.458 e. The summed E-state index contributed by atoms with van der Waals surface area (Å²) in [5.74, 6) is 1.82. The number of aliphatic hydroxyl groups is 1. The van der Waals surface area contributed by atoms with Crippen LogP contribution in [0.25, 0.3) is 22.2 Å². The summed E-state index contributed by atoms with van der Waals surface area (Å²) in [4.78, 5) is 15.5. The van der Waals surface area contributed by atoms with Crippen LogP contribution in [0, 0.1) is 0 Å². The lowest BCUT2D eigenvalue weighted by atomic mass is 10.1. The normalized spacial score (nSPS) is 20.2. The van der Waals surface area contributed by atoms with Gasteiger partial charge in [0.15, 0.2) is 17.2 Å². The van der Waals surface area contributed by atoms with E-state index < -0.39 is 0 Å². The number of furan rings is 1. The Morgan fingerprint density at radius 1 is 1.22 bits per heavy atom. The molecule has 0 bridgehead atoms. The summed E-state index contributed by atoms with van der Waals surface area (Å²) >= 11 is 0. The molecule has 0 aromatic carbocycles. The maximum Gasteiger partial charge on any atom is 0.195 e. The van der Waals surface area contributed by atoms with Crippen LogP contribution < -0.4 is 10.2 Å². The molecule has 4 rings (SSSR count). The summed E-state index contributed by atoms with van der Waals surface area (Å²) in [6, 6.07) is 4.02. The third-order valence-corrected chi connectivity index (χ3v) is 4.64. The Morgan fingerprint density at radius 2 is 2.00 bits per heavy atom. The van der Waals surface area contributed by atoms with Crippen LogP contribution in [-0.4, -0.2) is 52.4 Å². The lowest BCUT2D eigenvalue weighted by Gasteiger charge is -2.36. The number of nitrogens with one attached hydrogen (secondary N) is 1. The molecule has 1 fully saturated rings. The highest BCUT2D eigenvalue weighted by Crippen LogP contribution is 2.33. The number of nitrogens with zero attached hydrogens (tertiary/aromatic N) is 4. The topological polar surface area (TPSA) is 96.5 Å². The molecule has 0 aliphatic carbocycles. The molecule has 2 N–H and O–H groups in total. The molecule has 3 aromatic rings. The first-order valence-corrected chi connectivity index (χ1v) is 9.02. The second kappa shape index (κ2) is 7.13. The van der Waals surface area contributed by atoms with Gasteiger partial charge in [0.1, 0.15) is 24.2 Å². The quantitative estimate of drug-likeness (QED) is 0.724. The number of pyridine rings is 1. The van der Waals surface area contributed by atoms with Crippen LogP contribution in [0.1, 0.15) is 19.7 Å². The number of hydrogen-bond donors (Lipinski definition) is 2. The van der Waals surface area contributed by atoms with Gasteiger partial charge >= 0.3 is 0 Å². The van der Waals surface area contributed by atoms with E-state index in [1.165, 1.54) is 0 Å². The lowest BCUT2D eigenvalue weighted by molar-refractivity contribution is -0.00545. The van der Waals surface area contributed by atoms with Crippen molar-refractivity contribution in [3.05, 3.63) is 30.4 Å². The molecule has 0 amide bonds. The second-order valence-corrected chi connectivity index (χ2v) is 6.79. The van der Waals surface area contributed by atoms with Gasteiger partial charge in [0.25, 0.3) is 0 Å². The van der Waals surface area contributed by atoms with E-state index in [4.69, 9.17) is 9.15 Å². The number of fused-ring (bicyclic) bond motifs is 1. The van der Waals surface area contributed by atoms with Gasteiger partial charge < -0.3 is 24.5 Å². The standard InChI is InChI=1S/C19H23N5O3/c1-11-7-24(8-12(2)27-11)16-5-4-13(6-21-16)14-10-26-18-17(14)22-15(9-25)23-19(18)20-3/h4-6,10-12,25H,7-9H2,1-3H3,(H,20,22,23)/t11-,12+. The number of aromatic nitrogens is 3. The predicted octanol–water partition coefficient (Wildman–Crippen LogP) is 2.43. The van der Waals surface area contributed by atoms with Gasteiger partial charge in [-0.3, -0.25) is 0 Å². The Kier molecular flexibility index (Phi) is 4.67. The first kappa shape index (κ1) is 17.7. The van der Waals surface area contributed by atoms with E-state index in [1.807, 2.05) is 18.3 Å². The van der Waals surface area contributed by atoms with Gasteiger partial charge in [-0.2, -0.15) is 0 Å². The first-order valence-electron chi connectivity index (χ1n) is 9.02. The summed E-state index contributed by atoms with van der Waals surface area (Å²) in [5, 5.41) is 12.4. The zero-order valence-corrected chi connectivity index (χ0v) is 15.6. The van der Waals surface area contributed by atoms with Crippen molar-refractivity contribution in [3.63, 3.8) is 0 Å². The molecule has 8 heteroatoms. The van der Waals surface area contributed by atoms with Crippen LogP contribution in [0.4, 0.5) is 11.6 Å². The minimum absolute atomic E-state index is 0.182. The van der Waals surface area contributed by atoms with E-state index in [0.717, 1.165) is 30.0 Å². The summed E-state index contributed by atoms with van der Waals surface area (Å²) in [6.07, 6.45) is 3.84. The molecular formula is C19H23N5O3. The zero-order chi connectivity index (χ0) is 19.0. The Balaban J connectivity index is 1.68. The van der Waals surface area contributed by atoms with Gasteiger partial charge in [-0.05, 0) is 26.0 Å². The summed E-state index contributed by atoms with van der Waals surface area (Å²) in [7, 11) is 1.76. The van der Waals surface area contributed by atoms with Crippen molar-refractivity contribution in [2.45, 2.75) is 32.7 Å². The highest BCUT2D eigenvalue weighted by atomic mass is 16.5. The predicted molar refractivity (Wildman–Crippen MR) is 103 cm³/mol. The van der Waals surface area contributed by atoms with E-state index in [9.17, 15) is 5.11 Å². The number of morpholine rings is 1. The molecule has 1 aliphatic rings. The number of anilines is 2. The molecule has 0 saturated carbocycles. The highest BCUT2D eigenvalue weighted by Gasteiger charge is 2.23. The molecule has 3 aromatic heterocycles. The average Bonchev–Trinajstić information content (AvgIpc) is 3.10. The van der Waals surface area contributed by atoms with Gasteiger partial charge in [0.05, 0.1) is 12.2 Å². The highest BCUT2D eigenvalue weighted by molar-refractivity contribution is 5.95. The van der Waals surface area contributed by atoms with Crippen molar-refractivity contribution in [1.29, 1.82) is 0 Å². The van der Waals surface area contributed by atoms with Crippen molar-refractivity contribution in [2.75, 3.05) is 30.4 Å². The Hall–Kier alpha value is -2.71. The lowest BCUT2D eigenvalue weighted by Crippen LogP contribution is -2.45. The van der Waals surface area contributed by atoms with E-state index in [-0.39, 0.29) is 18.8 Å². The number of ether oxygens (including phenoxy) is 1. The summed E-state index contributed by atoms with van der Waals surface area (Å²) < 4.78 is 11.5. The van der Waals surface area contributed by atoms with Crippen molar-refractivity contribution in [3.8, 4) is 11.1 Å². The molecule has 2 atom stereocenters. The smallest absolute Gasteiger partial charge is 0.195 e. The van der Waals surface area contributed by atoms with Gasteiger partial charge in [0.2, 0.25) is 0 Å². The molecule has 8 nitrogen and oxygen atoms in total. The largest absolute Gasteiger partial charge is 0.458 e. The van der Waals surface area contributed by atoms with Crippen LogP contribution in [-0.2, 0) is 11.3 Å². The Bertz CT molecular complexity index is 930. The molecule has 142 valence electrons. The summed E-state index contributed by atoms with van der Waals surface area (Å²) in [6.45, 7) is 5.56. The fraction of sp³-hybridized carbons (Fsp3) is 0.421. The maximum absolute atomic E-state index is 9.43. The van der Waals surface area contributed by atoms with Gasteiger partial charge in [-0.15, -0.1) is 0 Å². The molecule has 0 unspecified atom stereocenters. The summed E-state index contributed by atoms with van der Waals surface area (Å²) in [5.41, 5.74) is 2.93. The number of aliphatic hydroxyl groups excluding tert-OH is 1. The van der Waals surface area contributed by atoms with Crippen LogP contribution in [0.5, 0.6) is 0 Å². The van der Waals surface area contributed by atoms with Crippen molar-refractivity contribution >= 4 is 22.7 Å². The Morgan fingerprint density at radius 3 is 2.63 bits per heavy atom. The molecule has 4 heterocycles. The third-order valence-electron chi connectivity index (χ3n) is 4.64. The SMILES string of the molecule is CNc1nc(CO)nc2c(-c3ccc(N4C[C@@H](C)O[C@@H](C)C4)nc3)coc12. The number of hydrogen-bond acceptors (Lipinski definition) is 8. The van der Waals surface area contributed by atoms with Crippen LogP contribution in [0.2, 0.25) is 0 Å². The van der Waals surface area contributed by atoms with E-state index >= 15 is 0 Å². The molecule has 1 saturated heterocycles. The molecule has 1 aliphatic heterocycles. The number of rotatable bonds is 4. The minimum atomic E-state index is -0.236. The molecule has 27 heavy (non-hydrogen) atoms. The van der Waals surface area contributed by atoms with Gasteiger partial charge in [-0.25, -0.2) is 15.0 Å². The first-order chi connectivity index (χ1) is 13.1. The van der Waals surface area contributed by atoms with E-state index in [1.54, 1.807) is 13.3 Å². The second-order valence-electron chi connectivity index (χ2n) is 6.79. The van der Waals surface area contributed by atoms with Crippen molar-refractivity contribution in [1.82, 2.24) is 15.0 Å². The Labute approximate surface area is 157 Å². The molecule has 0 radical (unpaired) electrons. The van der Waals surface area contributed by atoms with Crippen LogP contribution >= 0.6 is 0 Å². The van der Waals surface area contributed by atoms with Gasteiger partial charge in [0, 0.05) is 37.5 Å².